The molecule has 0 heterocycles. The molecule has 0 aliphatic heterocycles. The maximum atomic E-state index is 5.84. The van der Waals surface area contributed by atoms with E-state index >= 15 is 0 Å². The van der Waals surface area contributed by atoms with E-state index in [1.165, 1.54) is 2.91 Å². The molecule has 0 aliphatic rings. The number of benzene rings is 1. The van der Waals surface area contributed by atoms with Crippen molar-refractivity contribution >= 4 is 40.1 Å². The highest BCUT2D eigenvalue weighted by atomic mass is 127. The van der Waals surface area contributed by atoms with Crippen molar-refractivity contribution in [2.45, 2.75) is 20.0 Å². The van der Waals surface area contributed by atoms with Gasteiger partial charge in [0.25, 0.3) is 0 Å². The molecule has 3 heteroatoms. The third-order valence-electron chi connectivity index (χ3n) is 1.75. The fraction of sp³-hybridized carbons (Fsp3) is 0.333. The van der Waals surface area contributed by atoms with Gasteiger partial charge in [0.2, 0.25) is 0 Å². The van der Waals surface area contributed by atoms with Crippen LogP contribution in [0.5, 0.6) is 0 Å². The van der Waals surface area contributed by atoms with Gasteiger partial charge in [0.05, 0.1) is 9.02 Å². The SMILES string of the molecule is CS/C(I)=C(/OC(C)C)c1ccccc1. The van der Waals surface area contributed by atoms with E-state index in [9.17, 15) is 0 Å². The molecule has 0 unspecified atom stereocenters. The zero-order valence-electron chi connectivity index (χ0n) is 9.16. The molecule has 0 aromatic heterocycles. The van der Waals surface area contributed by atoms with E-state index in [1.54, 1.807) is 11.8 Å². The minimum Gasteiger partial charge on any atom is -0.489 e. The predicted molar refractivity (Wildman–Crippen MR) is 77.1 cm³/mol. The third-order valence-corrected chi connectivity index (χ3v) is 4.10. The Labute approximate surface area is 109 Å². The Kier molecular flexibility index (Phi) is 5.53. The van der Waals surface area contributed by atoms with Crippen LogP contribution < -0.4 is 0 Å². The lowest BCUT2D eigenvalue weighted by Crippen LogP contribution is -2.02. The lowest BCUT2D eigenvalue weighted by molar-refractivity contribution is 0.204. The summed E-state index contributed by atoms with van der Waals surface area (Å²) in [5, 5.41) is 0. The average molecular weight is 334 g/mol. The van der Waals surface area contributed by atoms with Crippen LogP contribution >= 0.6 is 34.4 Å². The van der Waals surface area contributed by atoms with Crippen LogP contribution in [0.25, 0.3) is 5.76 Å². The van der Waals surface area contributed by atoms with E-state index in [2.05, 4.69) is 41.0 Å². The monoisotopic (exact) mass is 334 g/mol. The van der Waals surface area contributed by atoms with Crippen LogP contribution in [0.15, 0.2) is 33.2 Å². The maximum Gasteiger partial charge on any atom is 0.146 e. The first kappa shape index (κ1) is 12.9. The lowest BCUT2D eigenvalue weighted by Gasteiger charge is -2.15. The minimum absolute atomic E-state index is 0.206. The van der Waals surface area contributed by atoms with Crippen LogP contribution in [0.1, 0.15) is 19.4 Å². The second kappa shape index (κ2) is 6.43. The molecule has 0 atom stereocenters. The maximum absolute atomic E-state index is 5.84. The van der Waals surface area contributed by atoms with Crippen LogP contribution in [0.4, 0.5) is 0 Å². The second-order valence-electron chi connectivity index (χ2n) is 3.34. The van der Waals surface area contributed by atoms with Crippen molar-refractivity contribution < 1.29 is 4.74 Å². The van der Waals surface area contributed by atoms with Gasteiger partial charge < -0.3 is 4.74 Å². The second-order valence-corrected chi connectivity index (χ2v) is 5.97. The van der Waals surface area contributed by atoms with Gasteiger partial charge in [-0.1, -0.05) is 30.3 Å². The Morgan fingerprint density at radius 3 is 2.33 bits per heavy atom. The normalized spacial score (nSPS) is 12.6. The van der Waals surface area contributed by atoms with Crippen molar-refractivity contribution in [3.63, 3.8) is 0 Å². The molecule has 1 aromatic carbocycles. The molecule has 0 N–H and O–H groups in total. The largest absolute Gasteiger partial charge is 0.489 e. The number of rotatable bonds is 4. The summed E-state index contributed by atoms with van der Waals surface area (Å²) in [6.45, 7) is 4.10. The number of halogens is 1. The van der Waals surface area contributed by atoms with E-state index in [-0.39, 0.29) is 6.10 Å². The molecule has 0 saturated heterocycles. The van der Waals surface area contributed by atoms with Gasteiger partial charge >= 0.3 is 0 Å². The van der Waals surface area contributed by atoms with Crippen molar-refractivity contribution in [2.24, 2.45) is 0 Å². The standard InChI is InChI=1S/C12H15IOS/c1-9(2)14-11(12(13)15-3)10-7-5-4-6-8-10/h4-9H,1-3H3/b12-11+. The molecule has 0 bridgehead atoms. The molecule has 0 aliphatic carbocycles. The minimum atomic E-state index is 0.206. The van der Waals surface area contributed by atoms with Crippen molar-refractivity contribution in [2.75, 3.05) is 6.26 Å². The van der Waals surface area contributed by atoms with Crippen LogP contribution in [-0.4, -0.2) is 12.4 Å². The Bertz CT molecular complexity index is 333. The van der Waals surface area contributed by atoms with Crippen LogP contribution in [-0.2, 0) is 4.74 Å². The zero-order valence-corrected chi connectivity index (χ0v) is 12.1. The van der Waals surface area contributed by atoms with Crippen molar-refractivity contribution in [1.82, 2.24) is 0 Å². The highest BCUT2D eigenvalue weighted by molar-refractivity contribution is 14.1. The summed E-state index contributed by atoms with van der Waals surface area (Å²) in [5.74, 6) is 0.985. The summed E-state index contributed by atoms with van der Waals surface area (Å²) in [6, 6.07) is 10.2. The molecule has 1 aromatic rings. The molecular formula is C12H15IOS. The first-order valence-electron chi connectivity index (χ1n) is 4.81. The third kappa shape index (κ3) is 4.07. The number of hydrogen-bond donors (Lipinski definition) is 0. The molecule has 0 radical (unpaired) electrons. The number of hydrogen-bond acceptors (Lipinski definition) is 2. The topological polar surface area (TPSA) is 9.23 Å². The van der Waals surface area contributed by atoms with Gasteiger partial charge in [0.15, 0.2) is 0 Å². The summed E-state index contributed by atoms with van der Waals surface area (Å²) in [7, 11) is 0. The Balaban J connectivity index is 3.02. The van der Waals surface area contributed by atoms with Gasteiger partial charge in [0.1, 0.15) is 5.76 Å². The summed E-state index contributed by atoms with van der Waals surface area (Å²) in [6.07, 6.45) is 2.27. The van der Waals surface area contributed by atoms with Gasteiger partial charge in [-0.2, -0.15) is 0 Å². The highest BCUT2D eigenvalue weighted by Crippen LogP contribution is 2.32. The van der Waals surface area contributed by atoms with E-state index < -0.39 is 0 Å². The van der Waals surface area contributed by atoms with Gasteiger partial charge in [0, 0.05) is 5.56 Å². The number of thioether (sulfide) groups is 1. The first-order chi connectivity index (χ1) is 7.15. The molecule has 1 nitrogen and oxygen atoms in total. The molecule has 0 fully saturated rings. The lowest BCUT2D eigenvalue weighted by atomic mass is 10.2. The quantitative estimate of drug-likeness (QED) is 0.591. The van der Waals surface area contributed by atoms with Crippen LogP contribution in [0, 0.1) is 0 Å². The van der Waals surface area contributed by atoms with Crippen molar-refractivity contribution in [3.8, 4) is 0 Å². The highest BCUT2D eigenvalue weighted by Gasteiger charge is 2.09. The molecule has 0 spiro atoms. The van der Waals surface area contributed by atoms with Crippen LogP contribution in [0.3, 0.4) is 0 Å². The average Bonchev–Trinajstić information content (AvgIpc) is 2.26. The van der Waals surface area contributed by atoms with Crippen molar-refractivity contribution in [1.29, 1.82) is 0 Å². The Morgan fingerprint density at radius 2 is 1.87 bits per heavy atom. The summed E-state index contributed by atoms with van der Waals surface area (Å²) in [5.41, 5.74) is 1.14. The fourth-order valence-corrected chi connectivity index (χ4v) is 1.94. The Hall–Kier alpha value is -0.160. The smallest absolute Gasteiger partial charge is 0.146 e. The predicted octanol–water partition coefficient (Wildman–Crippen LogP) is 4.54. The molecule has 0 saturated carbocycles. The fourth-order valence-electron chi connectivity index (χ4n) is 1.15. The molecule has 1 rings (SSSR count). The van der Waals surface area contributed by atoms with E-state index in [0.717, 1.165) is 11.3 Å². The van der Waals surface area contributed by atoms with E-state index in [0.29, 0.717) is 0 Å². The van der Waals surface area contributed by atoms with Gasteiger partial charge in [-0.25, -0.2) is 0 Å². The van der Waals surface area contributed by atoms with Crippen molar-refractivity contribution in [3.05, 3.63) is 38.8 Å². The van der Waals surface area contributed by atoms with Gasteiger partial charge in [-0.3, -0.25) is 0 Å². The first-order valence-corrected chi connectivity index (χ1v) is 7.11. The summed E-state index contributed by atoms with van der Waals surface area (Å²) < 4.78 is 7.03. The molecule has 15 heavy (non-hydrogen) atoms. The Morgan fingerprint density at radius 1 is 1.27 bits per heavy atom. The van der Waals surface area contributed by atoms with Crippen LogP contribution in [0.2, 0.25) is 0 Å². The van der Waals surface area contributed by atoms with E-state index in [1.807, 2.05) is 32.0 Å². The van der Waals surface area contributed by atoms with Gasteiger partial charge in [-0.15, -0.1) is 11.8 Å². The molecule has 82 valence electrons. The zero-order chi connectivity index (χ0) is 11.3. The molecular weight excluding hydrogens is 319 g/mol. The van der Waals surface area contributed by atoms with E-state index in [4.69, 9.17) is 4.74 Å². The number of ether oxygens (including phenoxy) is 1. The molecule has 0 amide bonds. The summed E-state index contributed by atoms with van der Waals surface area (Å²) in [4.78, 5) is 0. The van der Waals surface area contributed by atoms with Gasteiger partial charge in [-0.05, 0) is 42.7 Å². The summed E-state index contributed by atoms with van der Waals surface area (Å²) >= 11 is 4.03.